The normalized spacial score (nSPS) is 14.6. The first-order valence-electron chi connectivity index (χ1n) is 15.4. The van der Waals surface area contributed by atoms with E-state index >= 15 is 0 Å². The summed E-state index contributed by atoms with van der Waals surface area (Å²) in [6, 6.07) is 16.5. The van der Waals surface area contributed by atoms with Crippen molar-refractivity contribution in [2.24, 2.45) is 0 Å². The summed E-state index contributed by atoms with van der Waals surface area (Å²) in [6.45, 7) is 12.9. The minimum atomic E-state index is -1.02. The quantitative estimate of drug-likeness (QED) is 0.298. The van der Waals surface area contributed by atoms with Gasteiger partial charge in [-0.2, -0.15) is 0 Å². The van der Waals surface area contributed by atoms with E-state index in [1.807, 2.05) is 38.1 Å². The molecule has 0 atom stereocenters. The zero-order valence-corrected chi connectivity index (χ0v) is 26.9. The lowest BCUT2D eigenvalue weighted by molar-refractivity contribution is -0.160. The van der Waals surface area contributed by atoms with E-state index in [4.69, 9.17) is 14.2 Å². The van der Waals surface area contributed by atoms with Crippen LogP contribution in [0.15, 0.2) is 48.5 Å². The molecular formula is C36H42N2O7. The van der Waals surface area contributed by atoms with E-state index in [9.17, 15) is 19.5 Å². The second-order valence-electron chi connectivity index (χ2n) is 12.7. The largest absolute Gasteiger partial charge is 0.478 e. The van der Waals surface area contributed by atoms with Crippen LogP contribution in [0, 0.1) is 20.8 Å². The first-order chi connectivity index (χ1) is 21.4. The lowest BCUT2D eigenvalue weighted by Crippen LogP contribution is -2.49. The molecule has 238 valence electrons. The molecule has 3 aromatic rings. The molecule has 0 spiro atoms. The third-order valence-corrected chi connectivity index (χ3v) is 8.66. The van der Waals surface area contributed by atoms with Gasteiger partial charge in [0.25, 0.3) is 0 Å². The standard InChI is InChI=1S/C36H42N2O7/c1-22-29(19-43-21-31(39)45-36(4,5)6)23(2)33(24(3)32(22)34(40)41)37-15-17-38(18-16-37)35(42)44-20-30-27-13-9-7-11-25(27)26-12-8-10-14-28(26)30/h7-14,30H,15-21H2,1-6H3,(H,40,41). The molecule has 1 saturated heterocycles. The van der Waals surface area contributed by atoms with Gasteiger partial charge >= 0.3 is 18.0 Å². The SMILES string of the molecule is Cc1c(COCC(=O)OC(C)(C)C)c(C)c(N2CCN(C(=O)OCC3c4ccccc4-c4ccccc43)CC2)c(C)c1C(=O)O. The molecule has 5 rings (SSSR count). The predicted molar refractivity (Wildman–Crippen MR) is 172 cm³/mol. The molecule has 0 aromatic heterocycles. The van der Waals surface area contributed by atoms with Gasteiger partial charge in [-0.3, -0.25) is 0 Å². The van der Waals surface area contributed by atoms with Crippen LogP contribution in [0.25, 0.3) is 11.1 Å². The number of esters is 1. The van der Waals surface area contributed by atoms with Gasteiger partial charge in [0.2, 0.25) is 0 Å². The highest BCUT2D eigenvalue weighted by Gasteiger charge is 2.32. The lowest BCUT2D eigenvalue weighted by Gasteiger charge is -2.38. The fraction of sp³-hybridized carbons (Fsp3) is 0.417. The van der Waals surface area contributed by atoms with Crippen LogP contribution in [0.3, 0.4) is 0 Å². The smallest absolute Gasteiger partial charge is 0.409 e. The summed E-state index contributed by atoms with van der Waals surface area (Å²) in [5, 5.41) is 10.1. The number of ether oxygens (including phenoxy) is 3. The van der Waals surface area contributed by atoms with Crippen molar-refractivity contribution < 1.29 is 33.7 Å². The Balaban J connectivity index is 1.26. The summed E-state index contributed by atoms with van der Waals surface area (Å²) in [7, 11) is 0. The number of carboxylic acid groups (broad SMARTS) is 1. The lowest BCUT2D eigenvalue weighted by atomic mass is 9.90. The highest BCUT2D eigenvalue weighted by molar-refractivity contribution is 5.94. The van der Waals surface area contributed by atoms with Crippen LogP contribution < -0.4 is 4.90 Å². The summed E-state index contributed by atoms with van der Waals surface area (Å²) in [5.41, 5.74) is 8.04. The van der Waals surface area contributed by atoms with Crippen LogP contribution in [0.4, 0.5) is 10.5 Å². The number of piperazine rings is 1. The fourth-order valence-corrected chi connectivity index (χ4v) is 6.67. The average molecular weight is 615 g/mol. The molecule has 1 aliphatic heterocycles. The van der Waals surface area contributed by atoms with Crippen LogP contribution in [0.5, 0.6) is 0 Å². The van der Waals surface area contributed by atoms with Gasteiger partial charge in [-0.25, -0.2) is 14.4 Å². The first-order valence-corrected chi connectivity index (χ1v) is 15.4. The van der Waals surface area contributed by atoms with Gasteiger partial charge in [0.05, 0.1) is 12.2 Å². The molecule has 9 nitrogen and oxygen atoms in total. The second-order valence-corrected chi connectivity index (χ2v) is 12.7. The molecule has 0 bridgehead atoms. The van der Waals surface area contributed by atoms with Crippen LogP contribution >= 0.6 is 0 Å². The minimum absolute atomic E-state index is 0.00843. The molecule has 1 aliphatic carbocycles. The number of carboxylic acids is 1. The molecule has 2 aliphatic rings. The summed E-state index contributed by atoms with van der Waals surface area (Å²) in [4.78, 5) is 41.6. The van der Waals surface area contributed by atoms with Crippen molar-refractivity contribution in [2.45, 2.75) is 59.7 Å². The number of fused-ring (bicyclic) bond motifs is 3. The van der Waals surface area contributed by atoms with E-state index in [2.05, 4.69) is 29.2 Å². The van der Waals surface area contributed by atoms with Crippen molar-refractivity contribution in [3.05, 3.63) is 87.5 Å². The molecular weight excluding hydrogens is 572 g/mol. The molecule has 9 heteroatoms. The van der Waals surface area contributed by atoms with E-state index in [0.29, 0.717) is 37.3 Å². The summed E-state index contributed by atoms with van der Waals surface area (Å²) in [5.74, 6) is -1.50. The number of nitrogens with zero attached hydrogens (tertiary/aromatic N) is 2. The Labute approximate surface area is 264 Å². The zero-order chi connectivity index (χ0) is 32.5. The number of hydrogen-bond acceptors (Lipinski definition) is 7. The van der Waals surface area contributed by atoms with Crippen molar-refractivity contribution in [1.82, 2.24) is 4.90 Å². The van der Waals surface area contributed by atoms with Crippen LogP contribution in [-0.4, -0.2) is 73.0 Å². The molecule has 1 fully saturated rings. The highest BCUT2D eigenvalue weighted by atomic mass is 16.6. The predicted octanol–water partition coefficient (Wildman–Crippen LogP) is 6.24. The summed E-state index contributed by atoms with van der Waals surface area (Å²) >= 11 is 0. The molecule has 45 heavy (non-hydrogen) atoms. The number of anilines is 1. The average Bonchev–Trinajstić information content (AvgIpc) is 3.30. The van der Waals surface area contributed by atoms with Crippen LogP contribution in [0.2, 0.25) is 0 Å². The van der Waals surface area contributed by atoms with E-state index in [1.54, 1.807) is 32.6 Å². The molecule has 1 N–H and O–H groups in total. The first kappa shape index (κ1) is 32.0. The van der Waals surface area contributed by atoms with Crippen molar-refractivity contribution in [1.29, 1.82) is 0 Å². The molecule has 0 radical (unpaired) electrons. The van der Waals surface area contributed by atoms with Crippen LogP contribution in [0.1, 0.15) is 70.4 Å². The maximum absolute atomic E-state index is 13.2. The number of aromatic carboxylic acids is 1. The van der Waals surface area contributed by atoms with E-state index in [1.165, 1.54) is 22.3 Å². The number of benzene rings is 3. The van der Waals surface area contributed by atoms with E-state index in [-0.39, 0.29) is 37.4 Å². The third kappa shape index (κ3) is 6.68. The monoisotopic (exact) mass is 614 g/mol. The highest BCUT2D eigenvalue weighted by Crippen LogP contribution is 2.44. The van der Waals surface area contributed by atoms with Gasteiger partial charge in [-0.15, -0.1) is 0 Å². The summed E-state index contributed by atoms with van der Waals surface area (Å²) < 4.78 is 16.9. The zero-order valence-electron chi connectivity index (χ0n) is 26.9. The Morgan fingerprint density at radius 3 is 1.98 bits per heavy atom. The van der Waals surface area contributed by atoms with E-state index in [0.717, 1.165) is 16.8 Å². The van der Waals surface area contributed by atoms with Crippen LogP contribution in [-0.2, 0) is 25.6 Å². The van der Waals surface area contributed by atoms with Crippen molar-refractivity contribution >= 4 is 23.7 Å². The molecule has 3 aromatic carbocycles. The minimum Gasteiger partial charge on any atom is -0.478 e. The Bertz CT molecular complexity index is 1570. The number of amides is 1. The molecule has 1 heterocycles. The summed E-state index contributed by atoms with van der Waals surface area (Å²) in [6.07, 6.45) is -0.351. The maximum Gasteiger partial charge on any atom is 0.409 e. The molecule has 0 unspecified atom stereocenters. The van der Waals surface area contributed by atoms with Gasteiger partial charge in [0, 0.05) is 37.8 Å². The van der Waals surface area contributed by atoms with Crippen molar-refractivity contribution in [2.75, 3.05) is 44.3 Å². The number of carbonyl (C=O) groups excluding carboxylic acids is 2. The second kappa shape index (κ2) is 12.9. The van der Waals surface area contributed by atoms with E-state index < -0.39 is 17.5 Å². The van der Waals surface area contributed by atoms with Gasteiger partial charge in [0.15, 0.2) is 0 Å². The van der Waals surface area contributed by atoms with Gasteiger partial charge in [-0.05, 0) is 86.1 Å². The van der Waals surface area contributed by atoms with Crippen molar-refractivity contribution in [3.63, 3.8) is 0 Å². The Kier molecular flexibility index (Phi) is 9.20. The Morgan fingerprint density at radius 1 is 0.844 bits per heavy atom. The number of rotatable bonds is 8. The molecule has 1 amide bonds. The third-order valence-electron chi connectivity index (χ3n) is 8.66. The fourth-order valence-electron chi connectivity index (χ4n) is 6.67. The molecule has 0 saturated carbocycles. The van der Waals surface area contributed by atoms with Gasteiger partial charge < -0.3 is 29.1 Å². The maximum atomic E-state index is 13.2. The van der Waals surface area contributed by atoms with Gasteiger partial charge in [-0.1, -0.05) is 48.5 Å². The number of carbonyl (C=O) groups is 3. The topological polar surface area (TPSA) is 106 Å². The van der Waals surface area contributed by atoms with Gasteiger partial charge in [0.1, 0.15) is 18.8 Å². The Morgan fingerprint density at radius 2 is 1.42 bits per heavy atom. The van der Waals surface area contributed by atoms with Crippen molar-refractivity contribution in [3.8, 4) is 11.1 Å². The Hall–Kier alpha value is -4.37. The number of hydrogen-bond donors (Lipinski definition) is 1.